The molecule has 0 fully saturated rings. The number of hydrogen-bond donors (Lipinski definition) is 0. The number of carbonyl (C=O) groups is 1. The third-order valence-electron chi connectivity index (χ3n) is 5.24. The van der Waals surface area contributed by atoms with Crippen molar-refractivity contribution in [2.75, 3.05) is 13.7 Å². The van der Waals surface area contributed by atoms with Crippen LogP contribution in [-0.4, -0.2) is 34.0 Å². The third kappa shape index (κ3) is 4.74. The molecule has 0 saturated carbocycles. The highest BCUT2D eigenvalue weighted by molar-refractivity contribution is 6.31. The van der Waals surface area contributed by atoms with E-state index >= 15 is 0 Å². The van der Waals surface area contributed by atoms with Gasteiger partial charge >= 0.3 is 0 Å². The Labute approximate surface area is 187 Å². The summed E-state index contributed by atoms with van der Waals surface area (Å²) in [7, 11) is 1.57. The molecule has 1 aromatic heterocycles. The number of ether oxygens (including phenoxy) is 1. The third-order valence-corrected chi connectivity index (χ3v) is 5.48. The molecule has 0 aliphatic rings. The molecule has 0 aliphatic carbocycles. The van der Waals surface area contributed by atoms with Crippen molar-refractivity contribution in [3.05, 3.63) is 69.2 Å². The zero-order valence-electron chi connectivity index (χ0n) is 18.6. The number of fused-ring (bicyclic) bond motifs is 1. The normalized spacial score (nSPS) is 12.2. The van der Waals surface area contributed by atoms with Crippen molar-refractivity contribution < 1.29 is 9.53 Å². The van der Waals surface area contributed by atoms with E-state index in [9.17, 15) is 9.59 Å². The number of halogens is 1. The van der Waals surface area contributed by atoms with Crippen LogP contribution in [0.3, 0.4) is 0 Å². The van der Waals surface area contributed by atoms with Crippen LogP contribution in [0.25, 0.3) is 10.9 Å². The fourth-order valence-electron chi connectivity index (χ4n) is 3.71. The van der Waals surface area contributed by atoms with Crippen LogP contribution in [0.1, 0.15) is 49.9 Å². The van der Waals surface area contributed by atoms with Gasteiger partial charge in [-0.3, -0.25) is 14.2 Å². The van der Waals surface area contributed by atoms with E-state index in [1.807, 2.05) is 13.8 Å². The Hall–Kier alpha value is -2.86. The van der Waals surface area contributed by atoms with Gasteiger partial charge in [0.1, 0.15) is 11.6 Å². The van der Waals surface area contributed by atoms with Gasteiger partial charge in [-0.1, -0.05) is 31.5 Å². The quantitative estimate of drug-likeness (QED) is 0.521. The minimum atomic E-state index is -0.408. The lowest BCUT2D eigenvalue weighted by Crippen LogP contribution is -2.39. The summed E-state index contributed by atoms with van der Waals surface area (Å²) in [5.41, 5.74) is 0.944. The van der Waals surface area contributed by atoms with Gasteiger partial charge in [-0.25, -0.2) is 4.98 Å². The van der Waals surface area contributed by atoms with Crippen LogP contribution in [0.4, 0.5) is 0 Å². The van der Waals surface area contributed by atoms with Crippen molar-refractivity contribution in [1.29, 1.82) is 0 Å². The van der Waals surface area contributed by atoms with Gasteiger partial charge in [0.2, 0.25) is 0 Å². The van der Waals surface area contributed by atoms with Crippen LogP contribution >= 0.6 is 11.6 Å². The van der Waals surface area contributed by atoms with E-state index < -0.39 is 6.04 Å². The summed E-state index contributed by atoms with van der Waals surface area (Å²) in [4.78, 5) is 33.2. The Morgan fingerprint density at radius 2 is 1.94 bits per heavy atom. The van der Waals surface area contributed by atoms with Gasteiger partial charge in [-0.2, -0.15) is 0 Å². The standard InChI is InChI=1S/C24H28ClN3O3/c1-6-27-22(26-21-11-10-18(25)13-20(21)24(27)30)16(4)28(14-15(2)3)23(29)17-8-7-9-19(12-17)31-5/h7-13,15-16H,6,14H2,1-5H3. The van der Waals surface area contributed by atoms with Gasteiger partial charge in [-0.15, -0.1) is 0 Å². The number of hydrogen-bond acceptors (Lipinski definition) is 4. The molecule has 31 heavy (non-hydrogen) atoms. The first-order valence-corrected chi connectivity index (χ1v) is 10.8. The van der Waals surface area contributed by atoms with Gasteiger partial charge in [0.15, 0.2) is 0 Å². The number of amides is 1. The fraction of sp³-hybridized carbons (Fsp3) is 0.375. The van der Waals surface area contributed by atoms with E-state index in [-0.39, 0.29) is 17.4 Å². The molecule has 2 aromatic carbocycles. The molecule has 3 aromatic rings. The van der Waals surface area contributed by atoms with Gasteiger partial charge in [0.05, 0.1) is 24.1 Å². The lowest BCUT2D eigenvalue weighted by Gasteiger charge is -2.32. The molecule has 0 radical (unpaired) electrons. The van der Waals surface area contributed by atoms with Crippen LogP contribution in [0.5, 0.6) is 5.75 Å². The molecule has 1 unspecified atom stereocenters. The molecular formula is C24H28ClN3O3. The molecule has 6 nitrogen and oxygen atoms in total. The van der Waals surface area contributed by atoms with Crippen LogP contribution in [0, 0.1) is 5.92 Å². The monoisotopic (exact) mass is 441 g/mol. The summed E-state index contributed by atoms with van der Waals surface area (Å²) in [5, 5.41) is 0.962. The Morgan fingerprint density at radius 1 is 1.19 bits per heavy atom. The first kappa shape index (κ1) is 22.8. The summed E-state index contributed by atoms with van der Waals surface area (Å²) in [6, 6.07) is 11.8. The number of carbonyl (C=O) groups excluding carboxylic acids is 1. The number of benzene rings is 2. The zero-order chi connectivity index (χ0) is 22.7. The van der Waals surface area contributed by atoms with E-state index in [0.717, 1.165) is 0 Å². The van der Waals surface area contributed by atoms with Crippen molar-refractivity contribution >= 4 is 28.4 Å². The summed E-state index contributed by atoms with van der Waals surface area (Å²) >= 11 is 6.09. The molecule has 164 valence electrons. The average Bonchev–Trinajstić information content (AvgIpc) is 2.76. The highest BCUT2D eigenvalue weighted by atomic mass is 35.5. The van der Waals surface area contributed by atoms with Crippen LogP contribution in [-0.2, 0) is 6.54 Å². The topological polar surface area (TPSA) is 64.4 Å². The molecule has 0 N–H and O–H groups in total. The highest BCUT2D eigenvalue weighted by Gasteiger charge is 2.27. The number of nitrogens with zero attached hydrogens (tertiary/aromatic N) is 3. The maximum Gasteiger partial charge on any atom is 0.261 e. The van der Waals surface area contributed by atoms with Gasteiger partial charge < -0.3 is 9.64 Å². The van der Waals surface area contributed by atoms with E-state index in [1.165, 1.54) is 0 Å². The second-order valence-corrected chi connectivity index (χ2v) is 8.38. The minimum Gasteiger partial charge on any atom is -0.497 e. The van der Waals surface area contributed by atoms with Crippen molar-refractivity contribution in [2.24, 2.45) is 5.92 Å². The molecule has 0 aliphatic heterocycles. The number of methoxy groups -OCH3 is 1. The Balaban J connectivity index is 2.12. The Morgan fingerprint density at radius 3 is 2.58 bits per heavy atom. The number of aromatic nitrogens is 2. The predicted octanol–water partition coefficient (Wildman–Crippen LogP) is 4.94. The molecular weight excluding hydrogens is 414 g/mol. The first-order chi connectivity index (χ1) is 14.8. The van der Waals surface area contributed by atoms with Gasteiger partial charge in [0, 0.05) is 23.7 Å². The van der Waals surface area contributed by atoms with Crippen LogP contribution < -0.4 is 10.3 Å². The smallest absolute Gasteiger partial charge is 0.261 e. The average molecular weight is 442 g/mol. The van der Waals surface area contributed by atoms with Gasteiger partial charge in [0.25, 0.3) is 11.5 Å². The Kier molecular flexibility index (Phi) is 7.01. The zero-order valence-corrected chi connectivity index (χ0v) is 19.3. The fourth-order valence-corrected chi connectivity index (χ4v) is 3.88. The molecule has 1 heterocycles. The van der Waals surface area contributed by atoms with Crippen LogP contribution in [0.15, 0.2) is 47.3 Å². The SMILES string of the molecule is CCn1c(C(C)N(CC(C)C)C(=O)c2cccc(OC)c2)nc2ccc(Cl)cc2c1=O. The van der Waals surface area contributed by atoms with E-state index in [4.69, 9.17) is 21.3 Å². The molecule has 3 rings (SSSR count). The van der Waals surface area contributed by atoms with Crippen molar-refractivity contribution in [2.45, 2.75) is 40.3 Å². The second-order valence-electron chi connectivity index (χ2n) is 7.94. The number of rotatable bonds is 7. The van der Waals surface area contributed by atoms with Crippen molar-refractivity contribution in [3.8, 4) is 5.75 Å². The summed E-state index contributed by atoms with van der Waals surface area (Å²) < 4.78 is 6.90. The summed E-state index contributed by atoms with van der Waals surface area (Å²) in [6.45, 7) is 8.89. The van der Waals surface area contributed by atoms with Crippen molar-refractivity contribution in [3.63, 3.8) is 0 Å². The van der Waals surface area contributed by atoms with E-state index in [1.54, 1.807) is 59.0 Å². The molecule has 0 saturated heterocycles. The maximum absolute atomic E-state index is 13.5. The lowest BCUT2D eigenvalue weighted by molar-refractivity contribution is 0.0652. The molecule has 0 spiro atoms. The predicted molar refractivity (Wildman–Crippen MR) is 124 cm³/mol. The minimum absolute atomic E-state index is 0.131. The molecule has 1 atom stereocenters. The highest BCUT2D eigenvalue weighted by Crippen LogP contribution is 2.25. The van der Waals surface area contributed by atoms with Crippen molar-refractivity contribution in [1.82, 2.24) is 14.5 Å². The summed E-state index contributed by atoms with van der Waals surface area (Å²) in [6.07, 6.45) is 0. The second kappa shape index (κ2) is 9.52. The molecule has 1 amide bonds. The van der Waals surface area contributed by atoms with Crippen LogP contribution in [0.2, 0.25) is 5.02 Å². The first-order valence-electron chi connectivity index (χ1n) is 10.4. The van der Waals surface area contributed by atoms with E-state index in [0.29, 0.717) is 46.2 Å². The largest absolute Gasteiger partial charge is 0.497 e. The lowest BCUT2D eigenvalue weighted by atomic mass is 10.1. The maximum atomic E-state index is 13.5. The van der Waals surface area contributed by atoms with E-state index in [2.05, 4.69) is 13.8 Å². The summed E-state index contributed by atoms with van der Waals surface area (Å²) in [5.74, 6) is 1.28. The molecule has 7 heteroatoms. The Bertz CT molecular complexity index is 1160. The molecule has 0 bridgehead atoms. The van der Waals surface area contributed by atoms with Gasteiger partial charge in [-0.05, 0) is 56.2 Å².